The van der Waals surface area contributed by atoms with Gasteiger partial charge in [0, 0.05) is 12.2 Å². The molecular weight excluding hydrogens is 166 g/mol. The van der Waals surface area contributed by atoms with Gasteiger partial charge in [0.25, 0.3) is 0 Å². The van der Waals surface area contributed by atoms with Crippen LogP contribution in [0, 0.1) is 6.92 Å². The standard InChI is InChI=1S/C10H13NO2/c1-7-6-9(10(11)13)3-2-8(7)4-5-12/h2-3,6,12H,4-5H2,1H3,(H2,11,13). The van der Waals surface area contributed by atoms with Crippen molar-refractivity contribution in [1.82, 2.24) is 0 Å². The number of primary amides is 1. The lowest BCUT2D eigenvalue weighted by molar-refractivity contribution is 0.1000. The maximum absolute atomic E-state index is 10.8. The van der Waals surface area contributed by atoms with Gasteiger partial charge in [0.15, 0.2) is 0 Å². The minimum Gasteiger partial charge on any atom is -0.396 e. The van der Waals surface area contributed by atoms with Gasteiger partial charge in [-0.1, -0.05) is 6.07 Å². The molecule has 0 bridgehead atoms. The van der Waals surface area contributed by atoms with Crippen molar-refractivity contribution in [3.63, 3.8) is 0 Å². The van der Waals surface area contributed by atoms with Gasteiger partial charge in [-0.3, -0.25) is 4.79 Å². The first-order chi connectivity index (χ1) is 6.15. The number of nitrogens with two attached hydrogens (primary N) is 1. The zero-order valence-corrected chi connectivity index (χ0v) is 7.58. The Hall–Kier alpha value is -1.35. The first-order valence-corrected chi connectivity index (χ1v) is 4.15. The zero-order valence-electron chi connectivity index (χ0n) is 7.58. The Labute approximate surface area is 77.2 Å². The van der Waals surface area contributed by atoms with Gasteiger partial charge in [0.1, 0.15) is 0 Å². The summed E-state index contributed by atoms with van der Waals surface area (Å²) in [5, 5.41) is 8.73. The molecule has 0 aromatic heterocycles. The van der Waals surface area contributed by atoms with Crippen LogP contribution in [0.5, 0.6) is 0 Å². The Morgan fingerprint density at radius 1 is 1.54 bits per heavy atom. The molecule has 0 saturated carbocycles. The zero-order chi connectivity index (χ0) is 9.84. The van der Waals surface area contributed by atoms with Crippen molar-refractivity contribution in [2.45, 2.75) is 13.3 Å². The van der Waals surface area contributed by atoms with Crippen LogP contribution in [0.4, 0.5) is 0 Å². The fraction of sp³-hybridized carbons (Fsp3) is 0.300. The van der Waals surface area contributed by atoms with E-state index >= 15 is 0 Å². The normalized spacial score (nSPS) is 10.0. The number of aliphatic hydroxyl groups is 1. The summed E-state index contributed by atoms with van der Waals surface area (Å²) in [6.07, 6.45) is 0.616. The second kappa shape index (κ2) is 4.05. The summed E-state index contributed by atoms with van der Waals surface area (Å²) in [5.41, 5.74) is 7.67. The number of rotatable bonds is 3. The van der Waals surface area contributed by atoms with Gasteiger partial charge in [0.05, 0.1) is 0 Å². The highest BCUT2D eigenvalue weighted by atomic mass is 16.2. The SMILES string of the molecule is Cc1cc(C(N)=O)ccc1CCO. The lowest BCUT2D eigenvalue weighted by atomic mass is 10.0. The van der Waals surface area contributed by atoms with Crippen molar-refractivity contribution < 1.29 is 9.90 Å². The number of aliphatic hydroxyl groups excluding tert-OH is 1. The second-order valence-electron chi connectivity index (χ2n) is 2.98. The lowest BCUT2D eigenvalue weighted by Gasteiger charge is -2.04. The summed E-state index contributed by atoms with van der Waals surface area (Å²) in [5.74, 6) is -0.418. The summed E-state index contributed by atoms with van der Waals surface area (Å²) in [7, 11) is 0. The monoisotopic (exact) mass is 179 g/mol. The van der Waals surface area contributed by atoms with Gasteiger partial charge in [-0.2, -0.15) is 0 Å². The molecule has 70 valence electrons. The Bertz CT molecular complexity index is 321. The molecule has 0 aliphatic heterocycles. The Morgan fingerprint density at radius 2 is 2.23 bits per heavy atom. The van der Waals surface area contributed by atoms with E-state index in [1.807, 2.05) is 13.0 Å². The molecule has 0 fully saturated rings. The number of carbonyl (C=O) groups excluding carboxylic acids is 1. The highest BCUT2D eigenvalue weighted by Gasteiger charge is 2.03. The number of amides is 1. The average molecular weight is 179 g/mol. The molecule has 3 heteroatoms. The molecule has 1 aromatic rings. The van der Waals surface area contributed by atoms with Crippen LogP contribution in [0.1, 0.15) is 21.5 Å². The van der Waals surface area contributed by atoms with Crippen molar-refractivity contribution >= 4 is 5.91 Å². The molecule has 13 heavy (non-hydrogen) atoms. The van der Waals surface area contributed by atoms with E-state index in [0.717, 1.165) is 11.1 Å². The quantitative estimate of drug-likeness (QED) is 0.714. The molecule has 0 saturated heterocycles. The van der Waals surface area contributed by atoms with Crippen molar-refractivity contribution in [1.29, 1.82) is 0 Å². The van der Waals surface area contributed by atoms with Gasteiger partial charge in [-0.05, 0) is 36.6 Å². The van der Waals surface area contributed by atoms with Crippen LogP contribution in [0.15, 0.2) is 18.2 Å². The molecule has 1 rings (SSSR count). The van der Waals surface area contributed by atoms with Crippen LogP contribution in [-0.2, 0) is 6.42 Å². The van der Waals surface area contributed by atoms with Crippen molar-refractivity contribution in [3.05, 3.63) is 34.9 Å². The van der Waals surface area contributed by atoms with Crippen LogP contribution in [-0.4, -0.2) is 17.6 Å². The van der Waals surface area contributed by atoms with E-state index in [9.17, 15) is 4.79 Å². The molecule has 0 aliphatic rings. The van der Waals surface area contributed by atoms with Crippen LogP contribution >= 0.6 is 0 Å². The van der Waals surface area contributed by atoms with Crippen LogP contribution in [0.25, 0.3) is 0 Å². The van der Waals surface area contributed by atoms with E-state index in [1.165, 1.54) is 0 Å². The highest BCUT2D eigenvalue weighted by Crippen LogP contribution is 2.11. The number of hydrogen-bond acceptors (Lipinski definition) is 2. The van der Waals surface area contributed by atoms with Crippen LogP contribution in [0.2, 0.25) is 0 Å². The molecule has 3 nitrogen and oxygen atoms in total. The molecule has 0 aliphatic carbocycles. The fourth-order valence-electron chi connectivity index (χ4n) is 1.25. The molecule has 1 aromatic carbocycles. The highest BCUT2D eigenvalue weighted by molar-refractivity contribution is 5.93. The predicted molar refractivity (Wildman–Crippen MR) is 50.5 cm³/mol. The largest absolute Gasteiger partial charge is 0.396 e. The molecule has 0 spiro atoms. The van der Waals surface area contributed by atoms with Gasteiger partial charge in [0.2, 0.25) is 5.91 Å². The first-order valence-electron chi connectivity index (χ1n) is 4.15. The minimum atomic E-state index is -0.418. The Morgan fingerprint density at radius 3 is 2.69 bits per heavy atom. The van der Waals surface area contributed by atoms with Gasteiger partial charge in [-0.15, -0.1) is 0 Å². The Kier molecular flexibility index (Phi) is 3.03. The molecule has 3 N–H and O–H groups in total. The summed E-state index contributed by atoms with van der Waals surface area (Å²) in [6, 6.07) is 5.25. The third kappa shape index (κ3) is 2.29. The third-order valence-electron chi connectivity index (χ3n) is 2.01. The van der Waals surface area contributed by atoms with Gasteiger partial charge < -0.3 is 10.8 Å². The van der Waals surface area contributed by atoms with Gasteiger partial charge in [-0.25, -0.2) is 0 Å². The molecular formula is C10H13NO2. The van der Waals surface area contributed by atoms with Crippen molar-refractivity contribution in [3.8, 4) is 0 Å². The molecule has 0 heterocycles. The second-order valence-corrected chi connectivity index (χ2v) is 2.98. The van der Waals surface area contributed by atoms with Crippen molar-refractivity contribution in [2.75, 3.05) is 6.61 Å². The first kappa shape index (κ1) is 9.74. The number of carbonyl (C=O) groups is 1. The van der Waals surface area contributed by atoms with Crippen molar-refractivity contribution in [2.24, 2.45) is 5.73 Å². The smallest absolute Gasteiger partial charge is 0.248 e. The molecule has 0 radical (unpaired) electrons. The fourth-order valence-corrected chi connectivity index (χ4v) is 1.25. The summed E-state index contributed by atoms with van der Waals surface area (Å²) >= 11 is 0. The van der Waals surface area contributed by atoms with E-state index in [-0.39, 0.29) is 6.61 Å². The summed E-state index contributed by atoms with van der Waals surface area (Å²) < 4.78 is 0. The number of hydrogen-bond donors (Lipinski definition) is 2. The van der Waals surface area contributed by atoms with E-state index in [0.29, 0.717) is 12.0 Å². The maximum Gasteiger partial charge on any atom is 0.248 e. The minimum absolute atomic E-state index is 0.122. The average Bonchev–Trinajstić information content (AvgIpc) is 2.08. The van der Waals surface area contributed by atoms with Crippen LogP contribution in [0.3, 0.4) is 0 Å². The lowest BCUT2D eigenvalue weighted by Crippen LogP contribution is -2.11. The van der Waals surface area contributed by atoms with E-state index in [4.69, 9.17) is 10.8 Å². The van der Waals surface area contributed by atoms with E-state index in [1.54, 1.807) is 12.1 Å². The molecule has 0 unspecified atom stereocenters. The number of benzene rings is 1. The summed E-state index contributed by atoms with van der Waals surface area (Å²) in [4.78, 5) is 10.8. The van der Waals surface area contributed by atoms with Crippen LogP contribution < -0.4 is 5.73 Å². The predicted octanol–water partition coefficient (Wildman–Crippen LogP) is 0.629. The molecule has 0 atom stereocenters. The van der Waals surface area contributed by atoms with E-state index < -0.39 is 5.91 Å². The maximum atomic E-state index is 10.8. The molecule has 1 amide bonds. The summed E-state index contributed by atoms with van der Waals surface area (Å²) in [6.45, 7) is 2.02. The topological polar surface area (TPSA) is 63.3 Å². The number of aryl methyl sites for hydroxylation is 1. The third-order valence-corrected chi connectivity index (χ3v) is 2.01. The van der Waals surface area contributed by atoms with E-state index in [2.05, 4.69) is 0 Å². The Balaban J connectivity index is 2.98. The van der Waals surface area contributed by atoms with Gasteiger partial charge >= 0.3 is 0 Å².